The molecule has 4 N–H and O–H groups in total. The zero-order valence-corrected chi connectivity index (χ0v) is 16.5. The molecule has 3 aromatic heterocycles. The van der Waals surface area contributed by atoms with Gasteiger partial charge in [0.1, 0.15) is 11.5 Å². The molecule has 3 aromatic rings. The molecule has 0 unspecified atom stereocenters. The molecule has 152 valence electrons. The molecule has 1 saturated carbocycles. The Balaban J connectivity index is 1.82. The Kier molecular flexibility index (Phi) is 4.48. The van der Waals surface area contributed by atoms with Gasteiger partial charge in [-0.3, -0.25) is 14.8 Å². The summed E-state index contributed by atoms with van der Waals surface area (Å²) in [5.74, 6) is -0.0238. The SMILES string of the molecule is CC(C)(C)CC(=O)Nc1cc(=NC2CC2)n2nc/c(=C/c3[nH]c(=O)[nH]c3O)c2n1. The predicted molar refractivity (Wildman–Crippen MR) is 106 cm³/mol. The normalized spacial score (nSPS) is 16.0. The van der Waals surface area contributed by atoms with Gasteiger partial charge in [-0.1, -0.05) is 20.8 Å². The second kappa shape index (κ2) is 6.87. The number of rotatable bonds is 4. The first kappa shape index (κ1) is 18.9. The summed E-state index contributed by atoms with van der Waals surface area (Å²) < 4.78 is 1.59. The average Bonchev–Trinajstić information content (AvgIpc) is 3.22. The van der Waals surface area contributed by atoms with Gasteiger partial charge in [0, 0.05) is 17.7 Å². The summed E-state index contributed by atoms with van der Waals surface area (Å²) in [4.78, 5) is 37.7. The number of carbonyl (C=O) groups is 1. The highest BCUT2D eigenvalue weighted by molar-refractivity contribution is 5.90. The zero-order valence-electron chi connectivity index (χ0n) is 16.5. The number of anilines is 1. The molecule has 0 radical (unpaired) electrons. The Labute approximate surface area is 165 Å². The molecule has 10 nitrogen and oxygen atoms in total. The summed E-state index contributed by atoms with van der Waals surface area (Å²) >= 11 is 0. The molecule has 1 aliphatic rings. The average molecular weight is 397 g/mol. The molecule has 3 heterocycles. The van der Waals surface area contributed by atoms with Gasteiger partial charge in [0.05, 0.1) is 12.2 Å². The molecule has 4 rings (SSSR count). The lowest BCUT2D eigenvalue weighted by atomic mass is 9.92. The van der Waals surface area contributed by atoms with Crippen LogP contribution in [0.2, 0.25) is 0 Å². The van der Waals surface area contributed by atoms with Crippen LogP contribution in [0.5, 0.6) is 5.88 Å². The molecule has 0 bridgehead atoms. The number of aromatic amines is 2. The first-order valence-corrected chi connectivity index (χ1v) is 9.43. The summed E-state index contributed by atoms with van der Waals surface area (Å²) in [5, 5.41) is 17.6. The van der Waals surface area contributed by atoms with Gasteiger partial charge in [-0.05, 0) is 24.3 Å². The van der Waals surface area contributed by atoms with Crippen molar-refractivity contribution in [1.29, 1.82) is 0 Å². The van der Waals surface area contributed by atoms with E-state index in [9.17, 15) is 14.7 Å². The number of H-pyrrole nitrogens is 2. The molecule has 1 amide bonds. The van der Waals surface area contributed by atoms with Gasteiger partial charge in [-0.2, -0.15) is 9.61 Å². The van der Waals surface area contributed by atoms with Crippen molar-refractivity contribution < 1.29 is 9.90 Å². The lowest BCUT2D eigenvalue weighted by Gasteiger charge is -2.17. The van der Waals surface area contributed by atoms with Crippen LogP contribution in [0.25, 0.3) is 11.7 Å². The molecule has 0 saturated heterocycles. The number of imidazole rings is 1. The van der Waals surface area contributed by atoms with Crippen LogP contribution in [0.1, 0.15) is 45.7 Å². The van der Waals surface area contributed by atoms with Crippen molar-refractivity contribution in [3.63, 3.8) is 0 Å². The Morgan fingerprint density at radius 2 is 2.17 bits per heavy atom. The minimum Gasteiger partial charge on any atom is -0.493 e. The maximum atomic E-state index is 12.4. The van der Waals surface area contributed by atoms with Crippen molar-refractivity contribution in [3.05, 3.63) is 39.1 Å². The first-order valence-electron chi connectivity index (χ1n) is 9.43. The number of carbonyl (C=O) groups excluding carboxylic acids is 1. The topological polar surface area (TPSA) is 141 Å². The van der Waals surface area contributed by atoms with E-state index in [4.69, 9.17) is 0 Å². The largest absolute Gasteiger partial charge is 0.493 e. The van der Waals surface area contributed by atoms with E-state index in [1.165, 1.54) is 0 Å². The van der Waals surface area contributed by atoms with E-state index in [2.05, 4.69) is 30.4 Å². The molecule has 1 fully saturated rings. The number of hydrogen-bond donors (Lipinski definition) is 4. The van der Waals surface area contributed by atoms with E-state index in [0.717, 1.165) is 12.8 Å². The Bertz CT molecular complexity index is 1260. The molecule has 0 atom stereocenters. The standard InChI is InChI=1S/C19H23N7O3/c1-19(2,3)8-15(27)23-13-7-14(21-11-4-5-11)26-16(24-13)10(9-20-26)6-12-17(28)25-18(29)22-12/h6-7,9,11,28H,4-5,8H2,1-3H3,(H,23,27)(H2,22,25,29)/b10-6-,21-14?. The fraction of sp³-hybridized carbons (Fsp3) is 0.421. The lowest BCUT2D eigenvalue weighted by molar-refractivity contribution is -0.117. The third-order valence-corrected chi connectivity index (χ3v) is 4.34. The van der Waals surface area contributed by atoms with Crippen molar-refractivity contribution in [3.8, 4) is 5.88 Å². The van der Waals surface area contributed by atoms with E-state index >= 15 is 0 Å². The van der Waals surface area contributed by atoms with Gasteiger partial charge < -0.3 is 15.4 Å². The minimum atomic E-state index is -0.516. The molecule has 1 aliphatic carbocycles. The van der Waals surface area contributed by atoms with Gasteiger partial charge in [0.2, 0.25) is 11.8 Å². The van der Waals surface area contributed by atoms with E-state index in [-0.39, 0.29) is 28.9 Å². The summed E-state index contributed by atoms with van der Waals surface area (Å²) in [6, 6.07) is 1.96. The fourth-order valence-electron chi connectivity index (χ4n) is 2.93. The van der Waals surface area contributed by atoms with Crippen molar-refractivity contribution in [1.82, 2.24) is 24.6 Å². The molecule has 0 aromatic carbocycles. The van der Waals surface area contributed by atoms with Crippen LogP contribution in [0.4, 0.5) is 5.82 Å². The highest BCUT2D eigenvalue weighted by atomic mass is 16.3. The maximum Gasteiger partial charge on any atom is 0.326 e. The highest BCUT2D eigenvalue weighted by Gasteiger charge is 2.21. The number of nitrogens with zero attached hydrogens (tertiary/aromatic N) is 4. The third-order valence-electron chi connectivity index (χ3n) is 4.34. The number of aromatic hydroxyl groups is 1. The fourth-order valence-corrected chi connectivity index (χ4v) is 2.93. The van der Waals surface area contributed by atoms with Gasteiger partial charge in [-0.15, -0.1) is 0 Å². The van der Waals surface area contributed by atoms with Crippen LogP contribution >= 0.6 is 0 Å². The van der Waals surface area contributed by atoms with Crippen LogP contribution in [-0.4, -0.2) is 41.6 Å². The molecule has 10 heteroatoms. The van der Waals surface area contributed by atoms with Crippen LogP contribution < -0.4 is 21.7 Å². The third kappa shape index (κ3) is 4.36. The van der Waals surface area contributed by atoms with Gasteiger partial charge in [0.25, 0.3) is 0 Å². The Morgan fingerprint density at radius 3 is 2.79 bits per heavy atom. The summed E-state index contributed by atoms with van der Waals surface area (Å²) in [6.45, 7) is 5.97. The zero-order chi connectivity index (χ0) is 20.8. The minimum absolute atomic E-state index is 0.135. The van der Waals surface area contributed by atoms with Crippen molar-refractivity contribution >= 4 is 23.4 Å². The molecule has 29 heavy (non-hydrogen) atoms. The van der Waals surface area contributed by atoms with Crippen LogP contribution in [0, 0.1) is 5.41 Å². The number of nitrogens with one attached hydrogen (secondary N) is 3. The van der Waals surface area contributed by atoms with Gasteiger partial charge in [-0.25, -0.2) is 9.78 Å². The van der Waals surface area contributed by atoms with E-state index in [0.29, 0.717) is 28.6 Å². The number of amides is 1. The van der Waals surface area contributed by atoms with Crippen molar-refractivity contribution in [2.75, 3.05) is 5.32 Å². The molecular weight excluding hydrogens is 374 g/mol. The number of hydrogen-bond acceptors (Lipinski definition) is 6. The maximum absolute atomic E-state index is 12.4. The van der Waals surface area contributed by atoms with Crippen LogP contribution in [-0.2, 0) is 4.79 Å². The summed E-state index contributed by atoms with van der Waals surface area (Å²) in [6.07, 6.45) is 5.53. The Morgan fingerprint density at radius 1 is 1.41 bits per heavy atom. The van der Waals surface area contributed by atoms with E-state index in [1.807, 2.05) is 20.8 Å². The molecule has 0 spiro atoms. The molecular formula is C19H23N7O3. The van der Waals surface area contributed by atoms with E-state index < -0.39 is 5.69 Å². The lowest BCUT2D eigenvalue weighted by Crippen LogP contribution is -2.24. The molecule has 0 aliphatic heterocycles. The smallest absolute Gasteiger partial charge is 0.326 e. The van der Waals surface area contributed by atoms with Crippen molar-refractivity contribution in [2.24, 2.45) is 10.4 Å². The van der Waals surface area contributed by atoms with Gasteiger partial charge in [0.15, 0.2) is 11.1 Å². The first-order chi connectivity index (χ1) is 13.7. The van der Waals surface area contributed by atoms with Crippen LogP contribution in [0.15, 0.2) is 22.1 Å². The number of fused-ring (bicyclic) bond motifs is 1. The van der Waals surface area contributed by atoms with Crippen LogP contribution in [0.3, 0.4) is 0 Å². The summed E-state index contributed by atoms with van der Waals surface area (Å²) in [7, 11) is 0. The highest BCUT2D eigenvalue weighted by Crippen LogP contribution is 2.22. The summed E-state index contributed by atoms with van der Waals surface area (Å²) in [5.41, 5.74) is 0.601. The van der Waals surface area contributed by atoms with E-state index in [1.54, 1.807) is 22.9 Å². The Hall–Kier alpha value is -3.43. The number of aromatic nitrogens is 5. The van der Waals surface area contributed by atoms with Crippen molar-refractivity contribution in [2.45, 2.75) is 46.1 Å². The quantitative estimate of drug-likeness (QED) is 0.505. The second-order valence-electron chi connectivity index (χ2n) is 8.47. The van der Waals surface area contributed by atoms with Gasteiger partial charge >= 0.3 is 5.69 Å². The monoisotopic (exact) mass is 397 g/mol. The second-order valence-corrected chi connectivity index (χ2v) is 8.47. The predicted octanol–water partition coefficient (Wildman–Crippen LogP) is 0.437.